The topological polar surface area (TPSA) is 9.23 Å². The highest BCUT2D eigenvalue weighted by Crippen LogP contribution is 1.88. The lowest BCUT2D eigenvalue weighted by Crippen LogP contribution is -1.85. The molecule has 0 N–H and O–H groups in total. The van der Waals surface area contributed by atoms with Crippen molar-refractivity contribution in [3.05, 3.63) is 18.1 Å². The van der Waals surface area contributed by atoms with Crippen LogP contribution in [0.15, 0.2) is 18.1 Å². The third-order valence-corrected chi connectivity index (χ3v) is 0.649. The molecule has 1 aliphatic heterocycles. The fourth-order valence-electron chi connectivity index (χ4n) is 0.365. The molecule has 6 heavy (non-hydrogen) atoms. The first kappa shape index (κ1) is 3.51. The minimum Gasteiger partial charge on any atom is -0.493 e. The van der Waals surface area contributed by atoms with Gasteiger partial charge in [0.15, 0.2) is 0 Å². The molecule has 0 saturated heterocycles. The van der Waals surface area contributed by atoms with Crippen LogP contribution in [0.25, 0.3) is 0 Å². The Labute approximate surface area is 36.9 Å². The van der Waals surface area contributed by atoms with Crippen molar-refractivity contribution in [2.45, 2.75) is 6.42 Å². The smallest absolute Gasteiger partial charge is 0.125 e. The minimum absolute atomic E-state index is 0.826. The van der Waals surface area contributed by atoms with E-state index in [2.05, 4.69) is 5.73 Å². The van der Waals surface area contributed by atoms with Gasteiger partial charge < -0.3 is 4.74 Å². The lowest BCUT2D eigenvalue weighted by atomic mass is 10.4. The third-order valence-electron chi connectivity index (χ3n) is 0.649. The molecule has 0 aromatic carbocycles. The highest BCUT2D eigenvalue weighted by atomic mass is 16.5. The van der Waals surface area contributed by atoms with E-state index < -0.39 is 0 Å². The van der Waals surface area contributed by atoms with Gasteiger partial charge in [-0.05, 0) is 6.08 Å². The molecule has 0 aromatic rings. The lowest BCUT2D eigenvalue weighted by Gasteiger charge is -1.95. The van der Waals surface area contributed by atoms with Gasteiger partial charge in [0.05, 0.1) is 6.61 Å². The molecule has 0 saturated carbocycles. The molecular weight excluding hydrogens is 76.1 g/mol. The number of hydrogen-bond donors (Lipinski definition) is 0. The van der Waals surface area contributed by atoms with Crippen LogP contribution in [0.2, 0.25) is 0 Å². The molecule has 0 bridgehead atoms. The van der Waals surface area contributed by atoms with Crippen LogP contribution in [-0.4, -0.2) is 6.61 Å². The van der Waals surface area contributed by atoms with Crippen LogP contribution >= 0.6 is 0 Å². The first-order chi connectivity index (χ1) is 3.00. The summed E-state index contributed by atoms with van der Waals surface area (Å²) >= 11 is 0. The van der Waals surface area contributed by atoms with E-state index in [0.717, 1.165) is 13.0 Å². The zero-order valence-electron chi connectivity index (χ0n) is 3.48. The van der Waals surface area contributed by atoms with Gasteiger partial charge in [-0.2, -0.15) is 0 Å². The van der Waals surface area contributed by atoms with Gasteiger partial charge in [-0.1, -0.05) is 5.73 Å². The molecule has 0 amide bonds. The van der Waals surface area contributed by atoms with Crippen molar-refractivity contribution in [3.8, 4) is 0 Å². The molecule has 0 radical (unpaired) electrons. The van der Waals surface area contributed by atoms with Crippen LogP contribution in [0.1, 0.15) is 6.42 Å². The van der Waals surface area contributed by atoms with E-state index in [1.165, 1.54) is 0 Å². The summed E-state index contributed by atoms with van der Waals surface area (Å²) in [6.45, 7) is 0.826. The summed E-state index contributed by atoms with van der Waals surface area (Å²) in [5, 5.41) is 0. The summed E-state index contributed by atoms with van der Waals surface area (Å²) in [6.07, 6.45) is 4.56. The Hall–Kier alpha value is -0.680. The number of hydrogen-bond acceptors (Lipinski definition) is 1. The maximum absolute atomic E-state index is 4.80. The third kappa shape index (κ3) is 0.631. The molecule has 0 aromatic heterocycles. The van der Waals surface area contributed by atoms with Gasteiger partial charge in [-0.15, -0.1) is 0 Å². The second-order valence-electron chi connectivity index (χ2n) is 1.15. The highest BCUT2D eigenvalue weighted by Gasteiger charge is 1.79. The summed E-state index contributed by atoms with van der Waals surface area (Å²) in [4.78, 5) is 0. The number of rotatable bonds is 0. The normalized spacial score (nSPS) is 17.3. The predicted octanol–water partition coefficient (Wildman–Crippen LogP) is 1.08. The average molecular weight is 82.1 g/mol. The Morgan fingerprint density at radius 3 is 2.83 bits per heavy atom. The maximum Gasteiger partial charge on any atom is 0.125 e. The fourth-order valence-corrected chi connectivity index (χ4v) is 0.365. The Balaban J connectivity index is 2.53. The van der Waals surface area contributed by atoms with E-state index in [-0.39, 0.29) is 0 Å². The molecular formula is C5H6O. The quantitative estimate of drug-likeness (QED) is 0.397. The van der Waals surface area contributed by atoms with E-state index >= 15 is 0 Å². The Morgan fingerprint density at radius 1 is 1.67 bits per heavy atom. The Morgan fingerprint density at radius 2 is 2.67 bits per heavy atom. The summed E-state index contributed by atoms with van der Waals surface area (Å²) in [5.74, 6) is 0. The van der Waals surface area contributed by atoms with Gasteiger partial charge in [-0.3, -0.25) is 0 Å². The van der Waals surface area contributed by atoms with Gasteiger partial charge in [-0.25, -0.2) is 0 Å². The molecule has 0 aliphatic carbocycles. The predicted molar refractivity (Wildman–Crippen MR) is 23.2 cm³/mol. The molecule has 1 heterocycles. The summed E-state index contributed by atoms with van der Waals surface area (Å²) in [6, 6.07) is 0. The van der Waals surface area contributed by atoms with Crippen molar-refractivity contribution in [2.75, 3.05) is 6.61 Å². The van der Waals surface area contributed by atoms with E-state index in [1.807, 2.05) is 6.08 Å². The van der Waals surface area contributed by atoms with E-state index in [4.69, 9.17) is 4.74 Å². The van der Waals surface area contributed by atoms with Crippen molar-refractivity contribution in [1.82, 2.24) is 0 Å². The highest BCUT2D eigenvalue weighted by molar-refractivity contribution is 4.82. The summed E-state index contributed by atoms with van der Waals surface area (Å²) in [7, 11) is 0. The standard InChI is InChI=1S/C5H6O/c1-2-4-6-5-3-1/h1,5H,2,4H2. The second kappa shape index (κ2) is 1.68. The Bertz CT molecular complexity index is 80.1. The van der Waals surface area contributed by atoms with Crippen molar-refractivity contribution in [3.63, 3.8) is 0 Å². The van der Waals surface area contributed by atoms with Crippen LogP contribution in [0, 0.1) is 0 Å². The zero-order valence-corrected chi connectivity index (χ0v) is 3.48. The lowest BCUT2D eigenvalue weighted by molar-refractivity contribution is 0.251. The summed E-state index contributed by atoms with van der Waals surface area (Å²) < 4.78 is 4.80. The van der Waals surface area contributed by atoms with Crippen molar-refractivity contribution >= 4 is 0 Å². The van der Waals surface area contributed by atoms with Gasteiger partial charge >= 0.3 is 0 Å². The van der Waals surface area contributed by atoms with Crippen molar-refractivity contribution in [1.29, 1.82) is 0 Å². The van der Waals surface area contributed by atoms with Gasteiger partial charge in [0.1, 0.15) is 6.26 Å². The first-order valence-corrected chi connectivity index (χ1v) is 2.01. The largest absolute Gasteiger partial charge is 0.493 e. The molecule has 0 atom stereocenters. The molecule has 1 aliphatic rings. The minimum atomic E-state index is 0.826. The van der Waals surface area contributed by atoms with Crippen LogP contribution in [0.4, 0.5) is 0 Å². The number of ether oxygens (including phenoxy) is 1. The SMILES string of the molecule is C1=CCCOC=1. The molecule has 1 rings (SSSR count). The Kier molecular flexibility index (Phi) is 0.984. The van der Waals surface area contributed by atoms with Crippen molar-refractivity contribution < 1.29 is 4.74 Å². The molecule has 0 spiro atoms. The van der Waals surface area contributed by atoms with E-state index in [0.29, 0.717) is 0 Å². The molecule has 1 heteroatoms. The van der Waals surface area contributed by atoms with Crippen LogP contribution < -0.4 is 0 Å². The first-order valence-electron chi connectivity index (χ1n) is 2.01. The molecule has 0 unspecified atom stereocenters. The summed E-state index contributed by atoms with van der Waals surface area (Å²) in [5.41, 5.74) is 2.81. The van der Waals surface area contributed by atoms with Crippen LogP contribution in [0.3, 0.4) is 0 Å². The van der Waals surface area contributed by atoms with Gasteiger partial charge in [0.2, 0.25) is 0 Å². The maximum atomic E-state index is 4.80. The van der Waals surface area contributed by atoms with Crippen LogP contribution in [0.5, 0.6) is 0 Å². The second-order valence-corrected chi connectivity index (χ2v) is 1.15. The average Bonchev–Trinajstić information content (AvgIpc) is 1.72. The molecule has 0 fully saturated rings. The van der Waals surface area contributed by atoms with Gasteiger partial charge in [0.25, 0.3) is 0 Å². The fraction of sp³-hybridized carbons (Fsp3) is 0.400. The van der Waals surface area contributed by atoms with E-state index in [1.54, 1.807) is 6.26 Å². The van der Waals surface area contributed by atoms with Crippen LogP contribution in [-0.2, 0) is 4.74 Å². The monoisotopic (exact) mass is 82.0 g/mol. The molecule has 32 valence electrons. The molecule has 1 nitrogen and oxygen atoms in total. The van der Waals surface area contributed by atoms with E-state index in [9.17, 15) is 0 Å². The van der Waals surface area contributed by atoms with Gasteiger partial charge in [0, 0.05) is 6.42 Å². The van der Waals surface area contributed by atoms with Crippen molar-refractivity contribution in [2.24, 2.45) is 0 Å². The zero-order chi connectivity index (χ0) is 4.24.